The highest BCUT2D eigenvalue weighted by molar-refractivity contribution is 5.79. The van der Waals surface area contributed by atoms with Gasteiger partial charge in [-0.25, -0.2) is 0 Å². The lowest BCUT2D eigenvalue weighted by Crippen LogP contribution is -2.31. The highest BCUT2D eigenvalue weighted by Crippen LogP contribution is 2.09. The van der Waals surface area contributed by atoms with Gasteiger partial charge in [-0.2, -0.15) is 5.10 Å². The van der Waals surface area contributed by atoms with Crippen molar-refractivity contribution in [1.82, 2.24) is 14.7 Å². The minimum Gasteiger partial charge on any atom is -0.409 e. The Bertz CT molecular complexity index is 445. The first-order valence-corrected chi connectivity index (χ1v) is 7.37. The molecule has 0 aromatic carbocycles. The fraction of sp³-hybridized carbons (Fsp3) is 0.714. The van der Waals surface area contributed by atoms with E-state index in [0.717, 1.165) is 38.3 Å². The van der Waals surface area contributed by atoms with Crippen molar-refractivity contribution >= 4 is 5.84 Å². The molecule has 0 amide bonds. The van der Waals surface area contributed by atoms with E-state index in [1.165, 1.54) is 5.69 Å². The number of rotatable bonds is 10. The van der Waals surface area contributed by atoms with Crippen LogP contribution in [0, 0.1) is 0 Å². The summed E-state index contributed by atoms with van der Waals surface area (Å²) in [5.74, 6) is 0.246. The second-order valence-electron chi connectivity index (χ2n) is 4.91. The second-order valence-corrected chi connectivity index (χ2v) is 4.91. The molecule has 0 aliphatic heterocycles. The third-order valence-corrected chi connectivity index (χ3v) is 3.39. The van der Waals surface area contributed by atoms with E-state index in [1.54, 1.807) is 7.11 Å². The smallest absolute Gasteiger partial charge is 0.140 e. The molecule has 1 aromatic heterocycles. The fourth-order valence-electron chi connectivity index (χ4n) is 2.13. The molecule has 0 spiro atoms. The summed E-state index contributed by atoms with van der Waals surface area (Å²) in [6, 6.07) is 2.15. The van der Waals surface area contributed by atoms with Crippen LogP contribution in [-0.2, 0) is 24.2 Å². The number of aromatic nitrogens is 2. The van der Waals surface area contributed by atoms with Crippen LogP contribution in [0.4, 0.5) is 0 Å². The Labute approximate surface area is 126 Å². The Morgan fingerprint density at radius 3 is 2.81 bits per heavy atom. The van der Waals surface area contributed by atoms with Gasteiger partial charge in [0.1, 0.15) is 5.84 Å². The number of nitrogens with two attached hydrogens (primary N) is 1. The Morgan fingerprint density at radius 1 is 1.48 bits per heavy atom. The van der Waals surface area contributed by atoms with Crippen LogP contribution >= 0.6 is 0 Å². The van der Waals surface area contributed by atoms with Gasteiger partial charge in [0.15, 0.2) is 0 Å². The number of hydrogen-bond donors (Lipinski definition) is 2. The van der Waals surface area contributed by atoms with Crippen molar-refractivity contribution in [3.05, 3.63) is 17.5 Å². The normalized spacial score (nSPS) is 12.3. The molecule has 0 saturated heterocycles. The van der Waals surface area contributed by atoms with Crippen molar-refractivity contribution < 1.29 is 9.94 Å². The van der Waals surface area contributed by atoms with E-state index in [1.807, 2.05) is 4.68 Å². The maximum absolute atomic E-state index is 8.64. The third kappa shape index (κ3) is 5.73. The molecule has 0 aliphatic rings. The van der Waals surface area contributed by atoms with E-state index in [9.17, 15) is 0 Å². The minimum atomic E-state index is 0.246. The number of nitrogens with zero attached hydrogens (tertiary/aromatic N) is 4. The number of amidine groups is 1. The Morgan fingerprint density at radius 2 is 2.24 bits per heavy atom. The summed E-state index contributed by atoms with van der Waals surface area (Å²) in [7, 11) is 1.69. The van der Waals surface area contributed by atoms with Crippen molar-refractivity contribution in [3.63, 3.8) is 0 Å². The average Bonchev–Trinajstić information content (AvgIpc) is 2.91. The maximum atomic E-state index is 8.64. The van der Waals surface area contributed by atoms with Gasteiger partial charge < -0.3 is 15.7 Å². The van der Waals surface area contributed by atoms with Crippen LogP contribution < -0.4 is 5.73 Å². The summed E-state index contributed by atoms with van der Waals surface area (Å²) in [6.07, 6.45) is 1.46. The summed E-state index contributed by atoms with van der Waals surface area (Å²) < 4.78 is 7.18. The van der Waals surface area contributed by atoms with Crippen LogP contribution in [-0.4, -0.2) is 52.5 Å². The second kappa shape index (κ2) is 9.36. The molecule has 0 atom stereocenters. The first-order valence-electron chi connectivity index (χ1n) is 7.37. The molecule has 0 aliphatic carbocycles. The average molecular weight is 297 g/mol. The lowest BCUT2D eigenvalue weighted by Gasteiger charge is -2.21. The van der Waals surface area contributed by atoms with E-state index in [0.29, 0.717) is 13.0 Å². The van der Waals surface area contributed by atoms with Crippen LogP contribution in [0.1, 0.15) is 31.7 Å². The van der Waals surface area contributed by atoms with Crippen molar-refractivity contribution in [2.45, 2.75) is 39.8 Å². The summed E-state index contributed by atoms with van der Waals surface area (Å²) in [5, 5.41) is 16.2. The first kappa shape index (κ1) is 17.5. The molecule has 7 heteroatoms. The van der Waals surface area contributed by atoms with Crippen molar-refractivity contribution in [2.24, 2.45) is 10.9 Å². The highest BCUT2D eigenvalue weighted by atomic mass is 16.5. The van der Waals surface area contributed by atoms with E-state index >= 15 is 0 Å². The SMILES string of the molecule is CCc1cc(CN(CCOC)CCC(N)=NO)n(CC)n1. The maximum Gasteiger partial charge on any atom is 0.140 e. The molecule has 1 rings (SSSR count). The number of hydrogen-bond acceptors (Lipinski definition) is 5. The highest BCUT2D eigenvalue weighted by Gasteiger charge is 2.12. The number of aryl methyl sites for hydroxylation is 2. The van der Waals surface area contributed by atoms with Crippen molar-refractivity contribution in [3.8, 4) is 0 Å². The summed E-state index contributed by atoms with van der Waals surface area (Å²) >= 11 is 0. The largest absolute Gasteiger partial charge is 0.409 e. The predicted molar refractivity (Wildman–Crippen MR) is 82.5 cm³/mol. The van der Waals surface area contributed by atoms with E-state index in [2.05, 4.69) is 35.1 Å². The van der Waals surface area contributed by atoms with Crippen LogP contribution in [0.3, 0.4) is 0 Å². The van der Waals surface area contributed by atoms with Crippen LogP contribution in [0.5, 0.6) is 0 Å². The Balaban J connectivity index is 2.72. The molecular weight excluding hydrogens is 270 g/mol. The van der Waals surface area contributed by atoms with Crippen molar-refractivity contribution in [2.75, 3.05) is 26.8 Å². The zero-order valence-corrected chi connectivity index (χ0v) is 13.2. The van der Waals surface area contributed by atoms with Crippen LogP contribution in [0.15, 0.2) is 11.2 Å². The van der Waals surface area contributed by atoms with Gasteiger partial charge in [-0.15, -0.1) is 0 Å². The molecule has 1 aromatic rings. The quantitative estimate of drug-likeness (QED) is 0.292. The molecule has 0 bridgehead atoms. The first-order chi connectivity index (χ1) is 10.1. The lowest BCUT2D eigenvalue weighted by molar-refractivity contribution is 0.144. The molecule has 1 heterocycles. The predicted octanol–water partition coefficient (Wildman–Crippen LogP) is 1.05. The minimum absolute atomic E-state index is 0.246. The zero-order chi connectivity index (χ0) is 15.7. The van der Waals surface area contributed by atoms with E-state index in [4.69, 9.17) is 15.7 Å². The molecular formula is C14H27N5O2. The fourth-order valence-corrected chi connectivity index (χ4v) is 2.13. The number of methoxy groups -OCH3 is 1. The monoisotopic (exact) mass is 297 g/mol. The molecule has 3 N–H and O–H groups in total. The number of ether oxygens (including phenoxy) is 1. The molecule has 120 valence electrons. The van der Waals surface area contributed by atoms with Gasteiger partial charge in [-0.05, 0) is 19.4 Å². The number of oxime groups is 1. The van der Waals surface area contributed by atoms with Gasteiger partial charge in [-0.3, -0.25) is 9.58 Å². The topological polar surface area (TPSA) is 88.9 Å². The van der Waals surface area contributed by atoms with Crippen molar-refractivity contribution in [1.29, 1.82) is 0 Å². The van der Waals surface area contributed by atoms with Gasteiger partial charge in [0.05, 0.1) is 18.0 Å². The van der Waals surface area contributed by atoms with E-state index < -0.39 is 0 Å². The van der Waals surface area contributed by atoms with Crippen LogP contribution in [0.2, 0.25) is 0 Å². The molecule has 21 heavy (non-hydrogen) atoms. The summed E-state index contributed by atoms with van der Waals surface area (Å²) in [6.45, 7) is 7.99. The molecule has 7 nitrogen and oxygen atoms in total. The van der Waals surface area contributed by atoms with Gasteiger partial charge in [0, 0.05) is 39.7 Å². The molecule has 0 unspecified atom stereocenters. The van der Waals surface area contributed by atoms with Gasteiger partial charge in [-0.1, -0.05) is 12.1 Å². The zero-order valence-electron chi connectivity index (χ0n) is 13.2. The van der Waals surface area contributed by atoms with Gasteiger partial charge >= 0.3 is 0 Å². The van der Waals surface area contributed by atoms with Crippen LogP contribution in [0.25, 0.3) is 0 Å². The third-order valence-electron chi connectivity index (χ3n) is 3.39. The van der Waals surface area contributed by atoms with Gasteiger partial charge in [0.25, 0.3) is 0 Å². The molecule has 0 fully saturated rings. The van der Waals surface area contributed by atoms with Gasteiger partial charge in [0.2, 0.25) is 0 Å². The Hall–Kier alpha value is -1.60. The Kier molecular flexibility index (Phi) is 7.78. The summed E-state index contributed by atoms with van der Waals surface area (Å²) in [5.41, 5.74) is 7.84. The standard InChI is InChI=1S/C14H27N5O2/c1-4-12-10-13(19(5-2)16-12)11-18(8-9-21-3)7-6-14(15)17-20/h10,20H,4-9,11H2,1-3H3,(H2,15,17). The van der Waals surface area contributed by atoms with E-state index in [-0.39, 0.29) is 5.84 Å². The summed E-state index contributed by atoms with van der Waals surface area (Å²) in [4.78, 5) is 2.23. The lowest BCUT2D eigenvalue weighted by atomic mass is 10.2. The molecule has 0 saturated carbocycles. The molecule has 0 radical (unpaired) electrons.